The number of allylic oxidation sites excluding steroid dienone is 2. The second kappa shape index (κ2) is 9.91. The van der Waals surface area contributed by atoms with E-state index in [4.69, 9.17) is 16.3 Å². The average Bonchev–Trinajstić information content (AvgIpc) is 3.74. The molecular weight excluding hydrogens is 540 g/mol. The van der Waals surface area contributed by atoms with E-state index in [1.807, 2.05) is 12.2 Å². The number of rotatable bonds is 7. The third-order valence-electron chi connectivity index (χ3n) is 7.42. The lowest BCUT2D eigenvalue weighted by molar-refractivity contribution is -0.154. The molecule has 39 heavy (non-hydrogen) atoms. The number of hydrogen-bond acceptors (Lipinski definition) is 7. The van der Waals surface area contributed by atoms with Crippen LogP contribution in [0.2, 0.25) is 5.02 Å². The zero-order valence-electron chi connectivity index (χ0n) is 20.4. The summed E-state index contributed by atoms with van der Waals surface area (Å²) in [5, 5.41) is 3.99. The summed E-state index contributed by atoms with van der Waals surface area (Å²) in [4.78, 5) is 66.5. The molecule has 1 aromatic heterocycles. The van der Waals surface area contributed by atoms with Crippen molar-refractivity contribution in [2.45, 2.75) is 6.42 Å². The summed E-state index contributed by atoms with van der Waals surface area (Å²) in [6.45, 7) is -0.532. The van der Waals surface area contributed by atoms with Crippen LogP contribution in [0.1, 0.15) is 36.8 Å². The third kappa shape index (κ3) is 4.47. The van der Waals surface area contributed by atoms with Crippen molar-refractivity contribution in [2.75, 3.05) is 6.54 Å². The minimum atomic E-state index is -0.663. The Morgan fingerprint density at radius 3 is 2.10 bits per heavy atom. The lowest BCUT2D eigenvalue weighted by Gasteiger charge is -2.30. The molecule has 2 aliphatic carbocycles. The largest absolute Gasteiger partial charge is 0.422 e. The highest BCUT2D eigenvalue weighted by atomic mass is 35.5. The molecule has 3 aliphatic rings. The molecule has 2 fully saturated rings. The smallest absolute Gasteiger partial charge is 0.353 e. The lowest BCUT2D eigenvalue weighted by atomic mass is 9.85. The van der Waals surface area contributed by atoms with Gasteiger partial charge in [-0.25, -0.2) is 9.80 Å². The maximum absolute atomic E-state index is 13.6. The molecule has 0 spiro atoms. The summed E-state index contributed by atoms with van der Waals surface area (Å²) in [5.41, 5.74) is 0.405. The molecule has 2 aromatic carbocycles. The van der Waals surface area contributed by atoms with Gasteiger partial charge in [0.15, 0.2) is 5.78 Å². The molecule has 3 aromatic rings. The summed E-state index contributed by atoms with van der Waals surface area (Å²) >= 11 is 7.23. The van der Waals surface area contributed by atoms with Crippen molar-refractivity contribution in [3.05, 3.63) is 99.2 Å². The van der Waals surface area contributed by atoms with Crippen molar-refractivity contribution < 1.29 is 28.7 Å². The van der Waals surface area contributed by atoms with E-state index >= 15 is 0 Å². The fraction of sp³-hybridized carbons (Fsp3) is 0.207. The van der Waals surface area contributed by atoms with Gasteiger partial charge in [0.05, 0.1) is 11.8 Å². The molecule has 0 unspecified atom stereocenters. The van der Waals surface area contributed by atoms with E-state index in [0.717, 1.165) is 16.4 Å². The molecule has 1 saturated carbocycles. The minimum absolute atomic E-state index is 0.0472. The second-order valence-electron chi connectivity index (χ2n) is 9.67. The first-order valence-electron chi connectivity index (χ1n) is 12.3. The minimum Gasteiger partial charge on any atom is -0.422 e. The van der Waals surface area contributed by atoms with Gasteiger partial charge in [-0.3, -0.25) is 19.2 Å². The van der Waals surface area contributed by atoms with E-state index in [1.54, 1.807) is 17.5 Å². The number of esters is 1. The maximum Gasteiger partial charge on any atom is 0.353 e. The van der Waals surface area contributed by atoms with Crippen LogP contribution in [-0.2, 0) is 9.59 Å². The van der Waals surface area contributed by atoms with Gasteiger partial charge in [-0.2, -0.15) is 5.01 Å². The van der Waals surface area contributed by atoms with Crippen LogP contribution in [0.25, 0.3) is 0 Å². The Labute approximate surface area is 232 Å². The highest BCUT2D eigenvalue weighted by Crippen LogP contribution is 2.52. The first-order valence-corrected chi connectivity index (χ1v) is 13.6. The Hall–Kier alpha value is -4.08. The molecule has 1 aliphatic heterocycles. The number of Topliss-reactive ketones (excluding diaryl/α,β-unsaturated/α-hetero) is 1. The molecule has 0 N–H and O–H groups in total. The number of hydrazine groups is 1. The molecule has 4 atom stereocenters. The number of hydrogen-bond donors (Lipinski definition) is 0. The summed E-state index contributed by atoms with van der Waals surface area (Å²) in [7, 11) is 0. The highest BCUT2D eigenvalue weighted by Gasteiger charge is 2.61. The third-order valence-corrected chi connectivity index (χ3v) is 8.52. The number of nitrogens with zero attached hydrogens (tertiary/aromatic N) is 2. The molecule has 0 radical (unpaired) electrons. The van der Waals surface area contributed by atoms with Crippen molar-refractivity contribution in [1.82, 2.24) is 10.0 Å². The van der Waals surface area contributed by atoms with Crippen molar-refractivity contribution in [3.8, 4) is 5.75 Å². The number of carbonyl (C=O) groups is 5. The molecule has 2 heterocycles. The maximum atomic E-state index is 13.6. The molecule has 2 bridgehead atoms. The Morgan fingerprint density at radius 2 is 1.51 bits per heavy atom. The normalized spacial score (nSPS) is 22.7. The van der Waals surface area contributed by atoms with Gasteiger partial charge in [0.25, 0.3) is 17.7 Å². The zero-order valence-corrected chi connectivity index (χ0v) is 21.9. The number of ether oxygens (including phenoxy) is 1. The van der Waals surface area contributed by atoms with Crippen LogP contribution in [0.15, 0.2) is 78.2 Å². The van der Waals surface area contributed by atoms with Crippen LogP contribution < -0.4 is 4.74 Å². The summed E-state index contributed by atoms with van der Waals surface area (Å²) in [5.74, 6) is -3.50. The van der Waals surface area contributed by atoms with E-state index in [1.165, 1.54) is 59.9 Å². The Bertz CT molecular complexity index is 1490. The van der Waals surface area contributed by atoms with Gasteiger partial charge in [0.2, 0.25) is 0 Å². The van der Waals surface area contributed by atoms with Gasteiger partial charge in [-0.05, 0) is 78.2 Å². The van der Waals surface area contributed by atoms with Gasteiger partial charge < -0.3 is 4.74 Å². The fourth-order valence-corrected chi connectivity index (χ4v) is 6.31. The second-order valence-corrected chi connectivity index (χ2v) is 11.1. The van der Waals surface area contributed by atoms with Gasteiger partial charge >= 0.3 is 5.97 Å². The topological polar surface area (TPSA) is 101 Å². The van der Waals surface area contributed by atoms with Gasteiger partial charge in [-0.15, -0.1) is 11.3 Å². The number of thiophene rings is 1. The zero-order chi connectivity index (χ0) is 27.3. The number of halogens is 1. The summed E-state index contributed by atoms with van der Waals surface area (Å²) in [6.07, 6.45) is 4.67. The van der Waals surface area contributed by atoms with Gasteiger partial charge in [-0.1, -0.05) is 29.8 Å². The SMILES string of the molecule is O=C(CN(C(=O)c1ccc(Cl)cc1)N1C(=O)[C@@H]2[C@H](C1=O)[C@H]1C=C[C@H]2C1)c1ccc(OC(=O)c2cccs2)cc1. The predicted molar refractivity (Wildman–Crippen MR) is 142 cm³/mol. The van der Waals surface area contributed by atoms with Gasteiger partial charge in [0, 0.05) is 16.1 Å². The number of fused-ring (bicyclic) bond motifs is 5. The van der Waals surface area contributed by atoms with E-state index < -0.39 is 47.9 Å². The Balaban J connectivity index is 1.25. The van der Waals surface area contributed by atoms with Crippen molar-refractivity contribution in [3.63, 3.8) is 0 Å². The van der Waals surface area contributed by atoms with Crippen LogP contribution in [0, 0.1) is 23.7 Å². The molecule has 1 saturated heterocycles. The number of amides is 3. The summed E-state index contributed by atoms with van der Waals surface area (Å²) in [6, 6.07) is 15.3. The van der Waals surface area contributed by atoms with Crippen LogP contribution >= 0.6 is 22.9 Å². The van der Waals surface area contributed by atoms with Gasteiger partial charge in [0.1, 0.15) is 17.2 Å². The molecular formula is C29H21ClN2O6S. The highest BCUT2D eigenvalue weighted by molar-refractivity contribution is 7.12. The summed E-state index contributed by atoms with van der Waals surface area (Å²) < 4.78 is 5.34. The molecule has 196 valence electrons. The number of ketones is 1. The number of carbonyl (C=O) groups excluding carboxylic acids is 5. The quantitative estimate of drug-likeness (QED) is 0.137. The van der Waals surface area contributed by atoms with Crippen molar-refractivity contribution in [1.29, 1.82) is 0 Å². The van der Waals surface area contributed by atoms with E-state index in [0.29, 0.717) is 9.90 Å². The van der Waals surface area contributed by atoms with E-state index in [9.17, 15) is 24.0 Å². The number of imide groups is 1. The predicted octanol–water partition coefficient (Wildman–Crippen LogP) is 4.67. The Kier molecular flexibility index (Phi) is 6.40. The van der Waals surface area contributed by atoms with E-state index in [-0.39, 0.29) is 28.7 Å². The van der Waals surface area contributed by atoms with Crippen LogP contribution in [0.3, 0.4) is 0 Å². The molecule has 10 heteroatoms. The van der Waals surface area contributed by atoms with Crippen molar-refractivity contribution in [2.24, 2.45) is 23.7 Å². The first kappa shape index (κ1) is 25.2. The van der Waals surface area contributed by atoms with Crippen LogP contribution in [0.4, 0.5) is 0 Å². The Morgan fingerprint density at radius 1 is 0.897 bits per heavy atom. The average molecular weight is 561 g/mol. The van der Waals surface area contributed by atoms with E-state index in [2.05, 4.69) is 0 Å². The lowest BCUT2D eigenvalue weighted by Crippen LogP contribution is -2.52. The van der Waals surface area contributed by atoms with Crippen LogP contribution in [-0.4, -0.2) is 46.0 Å². The number of benzene rings is 2. The van der Waals surface area contributed by atoms with Crippen molar-refractivity contribution >= 4 is 52.4 Å². The molecule has 3 amide bonds. The molecule has 6 rings (SSSR count). The van der Waals surface area contributed by atoms with Crippen LogP contribution in [0.5, 0.6) is 5.75 Å². The molecule has 8 nitrogen and oxygen atoms in total. The standard InChI is InChI=1S/C29H21ClN2O6S/c30-20-9-5-17(6-10-20)26(34)31(32-27(35)24-18-3-4-19(14-18)25(24)28(32)36)15-22(33)16-7-11-21(12-8-16)38-29(37)23-2-1-13-39-23/h1-13,18-19,24-25H,14-15H2/t18-,19-,24-,25+/m0/s1. The fourth-order valence-electron chi connectivity index (χ4n) is 5.59. The first-order chi connectivity index (χ1) is 18.8. The monoisotopic (exact) mass is 560 g/mol.